The molecule has 0 aliphatic carbocycles. The zero-order valence-electron chi connectivity index (χ0n) is 18.5. The van der Waals surface area contributed by atoms with Crippen LogP contribution >= 0.6 is 0 Å². The van der Waals surface area contributed by atoms with E-state index in [1.807, 2.05) is 0 Å². The van der Waals surface area contributed by atoms with E-state index in [2.05, 4.69) is 10.2 Å². The van der Waals surface area contributed by atoms with Crippen molar-refractivity contribution in [2.75, 3.05) is 39.7 Å². The molecule has 0 radical (unpaired) electrons. The molecule has 31 heavy (non-hydrogen) atoms. The highest BCUT2D eigenvalue weighted by molar-refractivity contribution is 5.92. The first kappa shape index (κ1) is 22.7. The van der Waals surface area contributed by atoms with Crippen molar-refractivity contribution in [1.82, 2.24) is 9.47 Å². The first-order chi connectivity index (χ1) is 15.0. The van der Waals surface area contributed by atoms with E-state index in [9.17, 15) is 9.59 Å². The van der Waals surface area contributed by atoms with Gasteiger partial charge < -0.3 is 24.1 Å². The second kappa shape index (κ2) is 10.9. The molecule has 1 N–H and O–H groups in total. The summed E-state index contributed by atoms with van der Waals surface area (Å²) in [5.74, 6) is 1.13. The van der Waals surface area contributed by atoms with Gasteiger partial charge in [-0.15, -0.1) is 0 Å². The summed E-state index contributed by atoms with van der Waals surface area (Å²) < 4.78 is 17.5. The molecule has 1 aromatic carbocycles. The van der Waals surface area contributed by atoms with Gasteiger partial charge in [-0.1, -0.05) is 12.8 Å². The molecular weight excluding hydrogens is 398 g/mol. The Labute approximate surface area is 182 Å². The smallest absolute Gasteiger partial charge is 0.244 e. The lowest BCUT2D eigenvalue weighted by molar-refractivity contribution is -0.116. The molecule has 1 saturated heterocycles. The molecule has 0 bridgehead atoms. The Morgan fingerprint density at radius 3 is 2.32 bits per heavy atom. The van der Waals surface area contributed by atoms with Crippen LogP contribution in [0, 0.1) is 0 Å². The fourth-order valence-corrected chi connectivity index (χ4v) is 3.80. The number of benzene rings is 1. The average molecular weight is 430 g/mol. The Balaban J connectivity index is 1.80. The number of hydrogen-bond donors (Lipinski definition) is 1. The van der Waals surface area contributed by atoms with Crippen molar-refractivity contribution in [3.63, 3.8) is 0 Å². The van der Waals surface area contributed by atoms with Crippen molar-refractivity contribution in [3.8, 4) is 17.2 Å². The third-order valence-electron chi connectivity index (χ3n) is 5.48. The van der Waals surface area contributed by atoms with Crippen molar-refractivity contribution in [3.05, 3.63) is 46.4 Å². The minimum Gasteiger partial charge on any atom is -0.497 e. The number of carbonyl (C=O) groups excluding carboxylic acids is 1. The molecule has 1 aliphatic heterocycles. The summed E-state index contributed by atoms with van der Waals surface area (Å²) in [5, 5.41) is 2.88. The van der Waals surface area contributed by atoms with E-state index in [-0.39, 0.29) is 23.6 Å². The number of ether oxygens (including phenoxy) is 3. The summed E-state index contributed by atoms with van der Waals surface area (Å²) in [4.78, 5) is 27.5. The van der Waals surface area contributed by atoms with Gasteiger partial charge in [0.1, 0.15) is 18.0 Å². The van der Waals surface area contributed by atoms with Gasteiger partial charge in [0.15, 0.2) is 5.75 Å². The Bertz CT molecular complexity index is 949. The van der Waals surface area contributed by atoms with E-state index in [1.54, 1.807) is 42.1 Å². The van der Waals surface area contributed by atoms with Gasteiger partial charge in [0.05, 0.1) is 33.2 Å². The van der Waals surface area contributed by atoms with Crippen LogP contribution in [0.3, 0.4) is 0 Å². The molecule has 2 aromatic rings. The van der Waals surface area contributed by atoms with E-state index in [4.69, 9.17) is 14.2 Å². The third kappa shape index (κ3) is 6.01. The number of carbonyl (C=O) groups is 1. The second-order valence-corrected chi connectivity index (χ2v) is 7.63. The average Bonchev–Trinajstić information content (AvgIpc) is 3.04. The molecule has 0 spiro atoms. The number of aromatic nitrogens is 1. The van der Waals surface area contributed by atoms with Gasteiger partial charge in [-0.05, 0) is 38.1 Å². The van der Waals surface area contributed by atoms with E-state index >= 15 is 0 Å². The molecule has 1 aliphatic rings. The topological polar surface area (TPSA) is 82.0 Å². The molecule has 168 valence electrons. The van der Waals surface area contributed by atoms with Crippen LogP contribution in [0.5, 0.6) is 17.2 Å². The lowest BCUT2D eigenvalue weighted by Crippen LogP contribution is -2.29. The van der Waals surface area contributed by atoms with Gasteiger partial charge >= 0.3 is 0 Å². The number of pyridine rings is 1. The Kier molecular flexibility index (Phi) is 7.94. The highest BCUT2D eigenvalue weighted by Crippen LogP contribution is 2.29. The predicted molar refractivity (Wildman–Crippen MR) is 119 cm³/mol. The maximum atomic E-state index is 12.8. The van der Waals surface area contributed by atoms with Crippen LogP contribution in [0.15, 0.2) is 35.3 Å². The summed E-state index contributed by atoms with van der Waals surface area (Å²) in [7, 11) is 4.57. The molecule has 8 heteroatoms. The number of nitrogens with one attached hydrogen (secondary N) is 1. The van der Waals surface area contributed by atoms with Crippen molar-refractivity contribution in [2.45, 2.75) is 38.8 Å². The predicted octanol–water partition coefficient (Wildman–Crippen LogP) is 2.89. The lowest BCUT2D eigenvalue weighted by atomic mass is 10.2. The Morgan fingerprint density at radius 1 is 0.968 bits per heavy atom. The number of methoxy groups -OCH3 is 3. The first-order valence-electron chi connectivity index (χ1n) is 10.6. The largest absolute Gasteiger partial charge is 0.497 e. The number of rotatable bonds is 8. The zero-order valence-corrected chi connectivity index (χ0v) is 18.5. The maximum Gasteiger partial charge on any atom is 0.244 e. The van der Waals surface area contributed by atoms with Crippen LogP contribution in [-0.2, 0) is 17.9 Å². The van der Waals surface area contributed by atoms with E-state index < -0.39 is 0 Å². The van der Waals surface area contributed by atoms with E-state index in [1.165, 1.54) is 27.1 Å². The number of hydrogen-bond acceptors (Lipinski definition) is 6. The fourth-order valence-electron chi connectivity index (χ4n) is 3.80. The molecule has 0 saturated carbocycles. The molecule has 0 unspecified atom stereocenters. The summed E-state index contributed by atoms with van der Waals surface area (Å²) in [6, 6.07) is 6.78. The molecule has 1 amide bonds. The summed E-state index contributed by atoms with van der Waals surface area (Å²) in [6.07, 6.45) is 6.38. The fraction of sp³-hybridized carbons (Fsp3) is 0.478. The minimum atomic E-state index is -0.230. The molecule has 0 atom stereocenters. The maximum absolute atomic E-state index is 12.8. The monoisotopic (exact) mass is 429 g/mol. The number of nitrogens with zero attached hydrogens (tertiary/aromatic N) is 2. The van der Waals surface area contributed by atoms with Crippen molar-refractivity contribution >= 4 is 11.6 Å². The highest BCUT2D eigenvalue weighted by Gasteiger charge is 2.16. The molecule has 1 aromatic heterocycles. The summed E-state index contributed by atoms with van der Waals surface area (Å²) in [6.45, 7) is 2.66. The quantitative estimate of drug-likeness (QED) is 0.695. The molecule has 3 rings (SSSR count). The normalized spacial score (nSPS) is 14.5. The second-order valence-electron chi connectivity index (χ2n) is 7.63. The van der Waals surface area contributed by atoms with Crippen molar-refractivity contribution < 1.29 is 19.0 Å². The minimum absolute atomic E-state index is 0.0506. The van der Waals surface area contributed by atoms with Gasteiger partial charge in [-0.2, -0.15) is 0 Å². The Hall–Kier alpha value is -3.00. The van der Waals surface area contributed by atoms with E-state index in [0.717, 1.165) is 31.6 Å². The van der Waals surface area contributed by atoms with Crippen LogP contribution < -0.4 is 25.0 Å². The van der Waals surface area contributed by atoms with Gasteiger partial charge in [-0.3, -0.25) is 14.5 Å². The molecule has 8 nitrogen and oxygen atoms in total. The van der Waals surface area contributed by atoms with Crippen LogP contribution in [0.25, 0.3) is 0 Å². The standard InChI is InChI=1S/C23H31N3O5/c1-29-18-8-9-19(21(13-18)30-2)24-23(28)16-26-15-22(31-3)20(27)12-17(26)14-25-10-6-4-5-7-11-25/h8-9,12-13,15H,4-7,10-11,14,16H2,1-3H3,(H,24,28). The molecular formula is C23H31N3O5. The van der Waals surface area contributed by atoms with Crippen molar-refractivity contribution in [2.24, 2.45) is 0 Å². The summed E-state index contributed by atoms with van der Waals surface area (Å²) in [5.41, 5.74) is 1.17. The molecule has 1 fully saturated rings. The molecule has 2 heterocycles. The summed E-state index contributed by atoms with van der Waals surface area (Å²) >= 11 is 0. The SMILES string of the molecule is COc1ccc(NC(=O)Cn2cc(OC)c(=O)cc2CN2CCCCCC2)c(OC)c1. The van der Waals surface area contributed by atoms with E-state index in [0.29, 0.717) is 23.7 Å². The third-order valence-corrected chi connectivity index (χ3v) is 5.48. The van der Waals surface area contributed by atoms with Gasteiger partial charge in [-0.25, -0.2) is 0 Å². The van der Waals surface area contributed by atoms with Crippen LogP contribution in [0.1, 0.15) is 31.4 Å². The van der Waals surface area contributed by atoms with Crippen LogP contribution in [-0.4, -0.2) is 49.8 Å². The highest BCUT2D eigenvalue weighted by atomic mass is 16.5. The van der Waals surface area contributed by atoms with Crippen molar-refractivity contribution in [1.29, 1.82) is 0 Å². The van der Waals surface area contributed by atoms with Gasteiger partial charge in [0.2, 0.25) is 11.3 Å². The first-order valence-corrected chi connectivity index (χ1v) is 10.6. The Morgan fingerprint density at radius 2 is 1.68 bits per heavy atom. The number of likely N-dealkylation sites (tertiary alicyclic amines) is 1. The number of anilines is 1. The van der Waals surface area contributed by atoms with Gasteiger partial charge in [0, 0.05) is 24.4 Å². The van der Waals surface area contributed by atoms with Crippen LogP contribution in [0.2, 0.25) is 0 Å². The van der Waals surface area contributed by atoms with Crippen LogP contribution in [0.4, 0.5) is 5.69 Å². The zero-order chi connectivity index (χ0) is 22.2. The van der Waals surface area contributed by atoms with Gasteiger partial charge in [0.25, 0.3) is 0 Å². The number of amides is 1. The lowest BCUT2D eigenvalue weighted by Gasteiger charge is -2.23.